The maximum Gasteiger partial charge on any atom is 0.143 e. The molecule has 0 radical (unpaired) electrons. The van der Waals surface area contributed by atoms with Crippen LogP contribution < -0.4 is 4.65 Å². The van der Waals surface area contributed by atoms with Crippen molar-refractivity contribution in [1.29, 1.82) is 0 Å². The Kier molecular flexibility index (Phi) is 3.90. The number of rotatable bonds is 3. The minimum absolute atomic E-state index is 0.237. The first-order valence-electron chi connectivity index (χ1n) is 7.55. The predicted molar refractivity (Wildman–Crippen MR) is 94.9 cm³/mol. The normalized spacial score (nSPS) is 11.4. The number of hydrogen-bond acceptors (Lipinski definition) is 2. The molecule has 0 aliphatic rings. The van der Waals surface area contributed by atoms with E-state index in [9.17, 15) is 10.3 Å². The minimum Gasteiger partial charge on any atom is -0.616 e. The lowest BCUT2D eigenvalue weighted by Gasteiger charge is -2.41. The molecular weight excluding hydrogens is 286 g/mol. The molecule has 0 unspecified atom stereocenters. The summed E-state index contributed by atoms with van der Waals surface area (Å²) in [5.74, 6) is 0.237. The molecule has 0 atom stereocenters. The zero-order valence-electron chi connectivity index (χ0n) is 13.2. The van der Waals surface area contributed by atoms with Crippen LogP contribution in [0.4, 0.5) is 17.1 Å². The number of phenolic OH excluding ortho intramolecular Hbond substituents is 1. The lowest BCUT2D eigenvalue weighted by molar-refractivity contribution is 0.466. The van der Waals surface area contributed by atoms with Crippen LogP contribution in [0.2, 0.25) is 0 Å². The van der Waals surface area contributed by atoms with Gasteiger partial charge in [0.05, 0.1) is 0 Å². The highest BCUT2D eigenvalue weighted by molar-refractivity contribution is 5.73. The Balaban J connectivity index is 2.29. The van der Waals surface area contributed by atoms with Gasteiger partial charge in [-0.15, -0.1) is 0 Å². The smallest absolute Gasteiger partial charge is 0.143 e. The molecule has 0 saturated carbocycles. The van der Waals surface area contributed by atoms with Gasteiger partial charge in [0.25, 0.3) is 0 Å². The molecule has 0 fully saturated rings. The molecule has 23 heavy (non-hydrogen) atoms. The Labute approximate surface area is 136 Å². The highest BCUT2D eigenvalue weighted by atomic mass is 16.5. The molecule has 3 aromatic carbocycles. The zero-order valence-corrected chi connectivity index (χ0v) is 13.2. The van der Waals surface area contributed by atoms with Crippen molar-refractivity contribution < 1.29 is 5.11 Å². The number of para-hydroxylation sites is 2. The van der Waals surface area contributed by atoms with Crippen LogP contribution in [0.5, 0.6) is 5.75 Å². The van der Waals surface area contributed by atoms with E-state index >= 15 is 0 Å². The molecule has 3 heteroatoms. The van der Waals surface area contributed by atoms with E-state index in [0.29, 0.717) is 28.2 Å². The van der Waals surface area contributed by atoms with Crippen LogP contribution in [0, 0.1) is 19.1 Å². The van der Waals surface area contributed by atoms with Gasteiger partial charge in [-0.3, -0.25) is 4.65 Å². The molecule has 3 rings (SSSR count). The molecule has 3 aromatic rings. The van der Waals surface area contributed by atoms with Gasteiger partial charge >= 0.3 is 0 Å². The average molecular weight is 305 g/mol. The summed E-state index contributed by atoms with van der Waals surface area (Å²) < 4.78 is -0.691. The number of phenols is 1. The van der Waals surface area contributed by atoms with Crippen molar-refractivity contribution in [3.63, 3.8) is 0 Å². The number of quaternary nitrogens is 1. The van der Waals surface area contributed by atoms with Crippen LogP contribution in [-0.2, 0) is 0 Å². The SMILES string of the molecule is Cc1cc([N+]([O-])(c2ccccc2)c2ccccc2)cc(C)c1O. The van der Waals surface area contributed by atoms with Crippen molar-refractivity contribution in [2.75, 3.05) is 0 Å². The summed E-state index contributed by atoms with van der Waals surface area (Å²) in [5.41, 5.74) is 3.23. The Morgan fingerprint density at radius 2 is 1.09 bits per heavy atom. The third-order valence-corrected chi connectivity index (χ3v) is 4.08. The van der Waals surface area contributed by atoms with E-state index in [4.69, 9.17) is 0 Å². The van der Waals surface area contributed by atoms with E-state index in [2.05, 4.69) is 0 Å². The third kappa shape index (κ3) is 2.61. The van der Waals surface area contributed by atoms with E-state index in [0.717, 1.165) is 0 Å². The maximum atomic E-state index is 14.0. The van der Waals surface area contributed by atoms with Gasteiger partial charge in [-0.25, -0.2) is 0 Å². The number of benzene rings is 3. The molecule has 0 heterocycles. The van der Waals surface area contributed by atoms with E-state index in [1.807, 2.05) is 74.5 Å². The molecule has 0 spiro atoms. The molecule has 3 nitrogen and oxygen atoms in total. The first-order valence-corrected chi connectivity index (χ1v) is 7.55. The van der Waals surface area contributed by atoms with E-state index in [1.165, 1.54) is 0 Å². The van der Waals surface area contributed by atoms with Crippen LogP contribution in [-0.4, -0.2) is 5.11 Å². The fourth-order valence-corrected chi connectivity index (χ4v) is 2.84. The first kappa shape index (κ1) is 15.3. The van der Waals surface area contributed by atoms with Crippen LogP contribution in [0.3, 0.4) is 0 Å². The largest absolute Gasteiger partial charge is 0.616 e. The summed E-state index contributed by atoms with van der Waals surface area (Å²) in [6.07, 6.45) is 0. The van der Waals surface area contributed by atoms with Crippen LogP contribution in [0.25, 0.3) is 0 Å². The third-order valence-electron chi connectivity index (χ3n) is 4.08. The van der Waals surface area contributed by atoms with Crippen LogP contribution in [0.1, 0.15) is 11.1 Å². The first-order chi connectivity index (χ1) is 11.0. The highest BCUT2D eigenvalue weighted by Crippen LogP contribution is 2.44. The highest BCUT2D eigenvalue weighted by Gasteiger charge is 2.28. The van der Waals surface area contributed by atoms with Crippen LogP contribution in [0.15, 0.2) is 72.8 Å². The van der Waals surface area contributed by atoms with E-state index in [-0.39, 0.29) is 5.75 Å². The monoisotopic (exact) mass is 305 g/mol. The van der Waals surface area contributed by atoms with Crippen molar-refractivity contribution in [3.8, 4) is 5.75 Å². The average Bonchev–Trinajstić information content (AvgIpc) is 2.60. The molecular formula is C20H19NO2. The summed E-state index contributed by atoms with van der Waals surface area (Å²) in [7, 11) is 0. The van der Waals surface area contributed by atoms with Gasteiger partial charge in [0.2, 0.25) is 0 Å². The molecule has 0 saturated heterocycles. The molecule has 0 aliphatic carbocycles. The second-order valence-electron chi connectivity index (χ2n) is 5.71. The van der Waals surface area contributed by atoms with Crippen LogP contribution >= 0.6 is 0 Å². The Bertz CT molecular complexity index is 751. The summed E-state index contributed by atoms with van der Waals surface area (Å²) in [5, 5.41) is 24.0. The van der Waals surface area contributed by atoms with Gasteiger partial charge < -0.3 is 10.3 Å². The fraction of sp³-hybridized carbons (Fsp3) is 0.100. The van der Waals surface area contributed by atoms with Gasteiger partial charge in [-0.05, 0) is 25.0 Å². The maximum absolute atomic E-state index is 14.0. The second-order valence-corrected chi connectivity index (χ2v) is 5.71. The van der Waals surface area contributed by atoms with Crippen molar-refractivity contribution in [2.24, 2.45) is 0 Å². The van der Waals surface area contributed by atoms with Crippen molar-refractivity contribution in [1.82, 2.24) is 4.65 Å². The summed E-state index contributed by atoms with van der Waals surface area (Å²) >= 11 is 0. The molecule has 0 aliphatic heterocycles. The van der Waals surface area contributed by atoms with Gasteiger partial charge in [-0.1, -0.05) is 36.4 Å². The Morgan fingerprint density at radius 1 is 0.696 bits per heavy atom. The number of hydrogen-bond donors (Lipinski definition) is 1. The summed E-state index contributed by atoms with van der Waals surface area (Å²) in [4.78, 5) is 0. The fourth-order valence-electron chi connectivity index (χ4n) is 2.84. The van der Waals surface area contributed by atoms with Gasteiger partial charge in [-0.2, -0.15) is 0 Å². The van der Waals surface area contributed by atoms with Crippen molar-refractivity contribution in [2.45, 2.75) is 13.8 Å². The molecule has 116 valence electrons. The van der Waals surface area contributed by atoms with Gasteiger partial charge in [0, 0.05) is 36.4 Å². The standard InChI is InChI=1S/C20H19NO2/c1-15-13-19(14-16(2)20(15)22)21(23,17-9-5-3-6-10-17)18-11-7-4-8-12-18/h3-14,22H,1-2H3. The number of nitrogens with zero attached hydrogens (tertiary/aromatic N) is 1. The lowest BCUT2D eigenvalue weighted by Crippen LogP contribution is -2.31. The molecule has 0 aromatic heterocycles. The molecule has 0 amide bonds. The van der Waals surface area contributed by atoms with Gasteiger partial charge in [0.15, 0.2) is 0 Å². The summed E-state index contributed by atoms with van der Waals surface area (Å²) in [6, 6.07) is 22.1. The predicted octanol–water partition coefficient (Wildman–Crippen LogP) is 5.48. The zero-order chi connectivity index (χ0) is 16.4. The number of aromatic hydroxyl groups is 1. The molecule has 1 N–H and O–H groups in total. The Morgan fingerprint density at radius 3 is 1.48 bits per heavy atom. The second kappa shape index (κ2) is 5.88. The van der Waals surface area contributed by atoms with Crippen molar-refractivity contribution in [3.05, 3.63) is 89.1 Å². The van der Waals surface area contributed by atoms with E-state index < -0.39 is 4.65 Å². The van der Waals surface area contributed by atoms with Gasteiger partial charge in [0.1, 0.15) is 22.8 Å². The quantitative estimate of drug-likeness (QED) is 0.514. The molecule has 0 bridgehead atoms. The van der Waals surface area contributed by atoms with Crippen molar-refractivity contribution >= 4 is 17.1 Å². The number of aryl methyl sites for hydroxylation is 2. The topological polar surface area (TPSA) is 43.3 Å². The Hall–Kier alpha value is -2.62. The lowest BCUT2D eigenvalue weighted by atomic mass is 10.1. The minimum atomic E-state index is -0.691. The van der Waals surface area contributed by atoms with E-state index in [1.54, 1.807) is 12.1 Å². The summed E-state index contributed by atoms with van der Waals surface area (Å²) in [6.45, 7) is 3.62.